The van der Waals surface area contributed by atoms with E-state index >= 15 is 0 Å². The van der Waals surface area contributed by atoms with E-state index in [-0.39, 0.29) is 11.9 Å². The monoisotopic (exact) mass is 340 g/mol. The zero-order valence-electron chi connectivity index (χ0n) is 15.3. The summed E-state index contributed by atoms with van der Waals surface area (Å²) in [5, 5.41) is 14.7. The van der Waals surface area contributed by atoms with Gasteiger partial charge in [0.2, 0.25) is 5.91 Å². The van der Waals surface area contributed by atoms with Crippen molar-refractivity contribution in [1.29, 1.82) is 0 Å². The fourth-order valence-electron chi connectivity index (χ4n) is 3.28. The molecule has 0 unspecified atom stereocenters. The van der Waals surface area contributed by atoms with Crippen LogP contribution in [0.15, 0.2) is 0 Å². The van der Waals surface area contributed by atoms with Crippen molar-refractivity contribution >= 4 is 11.9 Å². The Balaban J connectivity index is 1.87. The summed E-state index contributed by atoms with van der Waals surface area (Å²) in [5.41, 5.74) is 0. The Hall–Kier alpha value is -1.10. The van der Waals surface area contributed by atoms with E-state index in [2.05, 4.69) is 17.6 Å². The van der Waals surface area contributed by atoms with E-state index < -0.39 is 12.0 Å². The second-order valence-corrected chi connectivity index (χ2v) is 7.08. The highest BCUT2D eigenvalue weighted by atomic mass is 16.4. The van der Waals surface area contributed by atoms with Gasteiger partial charge in [-0.05, 0) is 12.8 Å². The first-order valence-electron chi connectivity index (χ1n) is 9.89. The molecular formula is C19H36N2O3. The number of carboxylic acids is 1. The fourth-order valence-corrected chi connectivity index (χ4v) is 3.28. The highest BCUT2D eigenvalue weighted by Crippen LogP contribution is 2.12. The summed E-state index contributed by atoms with van der Waals surface area (Å²) in [4.78, 5) is 22.7. The molecule has 0 spiro atoms. The summed E-state index contributed by atoms with van der Waals surface area (Å²) in [6.07, 6.45) is 15.1. The van der Waals surface area contributed by atoms with Crippen LogP contribution in [-0.4, -0.2) is 35.6 Å². The van der Waals surface area contributed by atoms with Crippen LogP contribution in [0.3, 0.4) is 0 Å². The van der Waals surface area contributed by atoms with Crippen LogP contribution in [0.4, 0.5) is 0 Å². The molecule has 5 heteroatoms. The third-order valence-corrected chi connectivity index (χ3v) is 4.80. The SMILES string of the molecule is CCCCCCCCCCCCCC(=O)N[C@@H]1CN[C@H](C(=O)O)C1. The molecule has 0 aliphatic carbocycles. The molecule has 1 heterocycles. The summed E-state index contributed by atoms with van der Waals surface area (Å²) >= 11 is 0. The maximum atomic E-state index is 11.8. The second kappa shape index (κ2) is 13.2. The van der Waals surface area contributed by atoms with E-state index in [4.69, 9.17) is 5.11 Å². The third kappa shape index (κ3) is 9.91. The number of carbonyl (C=O) groups excluding carboxylic acids is 1. The molecule has 0 aromatic heterocycles. The summed E-state index contributed by atoms with van der Waals surface area (Å²) < 4.78 is 0. The molecule has 1 aliphatic rings. The van der Waals surface area contributed by atoms with Crippen LogP contribution >= 0.6 is 0 Å². The lowest BCUT2D eigenvalue weighted by molar-refractivity contribution is -0.139. The molecule has 0 aromatic rings. The largest absolute Gasteiger partial charge is 0.480 e. The summed E-state index contributed by atoms with van der Waals surface area (Å²) in [5.74, 6) is -0.777. The zero-order valence-corrected chi connectivity index (χ0v) is 15.3. The smallest absolute Gasteiger partial charge is 0.320 e. The van der Waals surface area contributed by atoms with Gasteiger partial charge in [0.05, 0.1) is 0 Å². The molecule has 140 valence electrons. The lowest BCUT2D eigenvalue weighted by Gasteiger charge is -2.11. The Bertz CT molecular complexity index is 361. The fraction of sp³-hybridized carbons (Fsp3) is 0.895. The summed E-state index contributed by atoms with van der Waals surface area (Å²) in [6, 6.07) is -0.552. The van der Waals surface area contributed by atoms with Gasteiger partial charge in [-0.3, -0.25) is 9.59 Å². The van der Waals surface area contributed by atoms with Crippen molar-refractivity contribution in [2.45, 2.75) is 102 Å². The summed E-state index contributed by atoms with van der Waals surface area (Å²) in [6.45, 7) is 2.80. The van der Waals surface area contributed by atoms with Crippen molar-refractivity contribution in [1.82, 2.24) is 10.6 Å². The van der Waals surface area contributed by atoms with Gasteiger partial charge < -0.3 is 15.7 Å². The molecule has 0 saturated carbocycles. The number of nitrogens with one attached hydrogen (secondary N) is 2. The van der Waals surface area contributed by atoms with Crippen molar-refractivity contribution in [2.24, 2.45) is 0 Å². The minimum atomic E-state index is -0.836. The molecule has 0 radical (unpaired) electrons. The van der Waals surface area contributed by atoms with Gasteiger partial charge in [-0.25, -0.2) is 0 Å². The Labute approximate surface area is 147 Å². The van der Waals surface area contributed by atoms with Gasteiger partial charge in [0.1, 0.15) is 6.04 Å². The normalized spacial score (nSPS) is 20.2. The number of aliphatic carboxylic acids is 1. The standard InChI is InChI=1S/C19H36N2O3/c1-2-3-4-5-6-7-8-9-10-11-12-13-18(22)21-16-14-17(19(23)24)20-15-16/h16-17,20H,2-15H2,1H3,(H,21,22)(H,23,24)/t16-,17-/m0/s1. The Morgan fingerprint density at radius 3 is 2.00 bits per heavy atom. The molecular weight excluding hydrogens is 304 g/mol. The van der Waals surface area contributed by atoms with Crippen LogP contribution in [0.1, 0.15) is 90.4 Å². The number of carboxylic acid groups (broad SMARTS) is 1. The number of hydrogen-bond donors (Lipinski definition) is 3. The molecule has 1 amide bonds. The van der Waals surface area contributed by atoms with Crippen molar-refractivity contribution in [3.63, 3.8) is 0 Å². The first-order chi connectivity index (χ1) is 11.6. The van der Waals surface area contributed by atoms with Crippen molar-refractivity contribution in [3.8, 4) is 0 Å². The molecule has 24 heavy (non-hydrogen) atoms. The Morgan fingerprint density at radius 1 is 0.958 bits per heavy atom. The van der Waals surface area contributed by atoms with Gasteiger partial charge in [-0.15, -0.1) is 0 Å². The molecule has 0 aromatic carbocycles. The van der Waals surface area contributed by atoms with Crippen LogP contribution in [0.5, 0.6) is 0 Å². The van der Waals surface area contributed by atoms with E-state index in [1.54, 1.807) is 0 Å². The van der Waals surface area contributed by atoms with E-state index in [1.165, 1.54) is 57.8 Å². The molecule has 1 rings (SSSR count). The minimum Gasteiger partial charge on any atom is -0.480 e. The van der Waals surface area contributed by atoms with Crippen LogP contribution in [0, 0.1) is 0 Å². The van der Waals surface area contributed by atoms with Gasteiger partial charge in [-0.1, -0.05) is 71.1 Å². The van der Waals surface area contributed by atoms with E-state index in [0.717, 1.165) is 12.8 Å². The number of hydrogen-bond acceptors (Lipinski definition) is 3. The van der Waals surface area contributed by atoms with Gasteiger partial charge >= 0.3 is 5.97 Å². The second-order valence-electron chi connectivity index (χ2n) is 7.08. The molecule has 2 atom stereocenters. The topological polar surface area (TPSA) is 78.4 Å². The lowest BCUT2D eigenvalue weighted by Crippen LogP contribution is -2.35. The van der Waals surface area contributed by atoms with E-state index in [9.17, 15) is 9.59 Å². The minimum absolute atomic E-state index is 0.0358. The molecule has 5 nitrogen and oxygen atoms in total. The third-order valence-electron chi connectivity index (χ3n) is 4.80. The Kier molecular flexibility index (Phi) is 11.5. The maximum Gasteiger partial charge on any atom is 0.320 e. The van der Waals surface area contributed by atoms with Crippen molar-refractivity contribution in [3.05, 3.63) is 0 Å². The lowest BCUT2D eigenvalue weighted by atomic mass is 10.1. The highest BCUT2D eigenvalue weighted by Gasteiger charge is 2.29. The van der Waals surface area contributed by atoms with Crippen molar-refractivity contribution in [2.75, 3.05) is 6.54 Å². The molecule has 0 bridgehead atoms. The van der Waals surface area contributed by atoms with Gasteiger partial charge in [-0.2, -0.15) is 0 Å². The first-order valence-corrected chi connectivity index (χ1v) is 9.89. The number of rotatable bonds is 14. The summed E-state index contributed by atoms with van der Waals surface area (Å²) in [7, 11) is 0. The average molecular weight is 341 g/mol. The van der Waals surface area contributed by atoms with Crippen LogP contribution in [0.25, 0.3) is 0 Å². The van der Waals surface area contributed by atoms with Gasteiger partial charge in [0, 0.05) is 19.0 Å². The Morgan fingerprint density at radius 2 is 1.50 bits per heavy atom. The predicted molar refractivity (Wildman–Crippen MR) is 97.1 cm³/mol. The average Bonchev–Trinajstić information content (AvgIpc) is 3.01. The molecule has 1 saturated heterocycles. The highest BCUT2D eigenvalue weighted by molar-refractivity contribution is 5.77. The van der Waals surface area contributed by atoms with E-state index in [0.29, 0.717) is 19.4 Å². The van der Waals surface area contributed by atoms with Crippen molar-refractivity contribution < 1.29 is 14.7 Å². The number of carbonyl (C=O) groups is 2. The van der Waals surface area contributed by atoms with E-state index in [1.807, 2.05) is 0 Å². The van der Waals surface area contributed by atoms with Crippen LogP contribution in [0.2, 0.25) is 0 Å². The van der Waals surface area contributed by atoms with Crippen LogP contribution in [-0.2, 0) is 9.59 Å². The maximum absolute atomic E-state index is 11.8. The predicted octanol–water partition coefficient (Wildman–Crippen LogP) is 3.62. The first kappa shape index (κ1) is 20.9. The molecule has 1 aliphatic heterocycles. The van der Waals surface area contributed by atoms with Gasteiger partial charge in [0.15, 0.2) is 0 Å². The van der Waals surface area contributed by atoms with Crippen LogP contribution < -0.4 is 10.6 Å². The number of amides is 1. The quantitative estimate of drug-likeness (QED) is 0.422. The van der Waals surface area contributed by atoms with Gasteiger partial charge in [0.25, 0.3) is 0 Å². The molecule has 3 N–H and O–H groups in total. The number of unbranched alkanes of at least 4 members (excludes halogenated alkanes) is 10. The zero-order chi connectivity index (χ0) is 17.6. The molecule has 1 fully saturated rings.